The number of aromatic nitrogens is 2. The second-order valence-corrected chi connectivity index (χ2v) is 6.02. The van der Waals surface area contributed by atoms with E-state index >= 15 is 0 Å². The third-order valence-corrected chi connectivity index (χ3v) is 4.54. The lowest BCUT2D eigenvalue weighted by molar-refractivity contribution is 0.345. The van der Waals surface area contributed by atoms with E-state index < -0.39 is 0 Å². The molecule has 1 aliphatic heterocycles. The molecular weight excluding hydrogens is 332 g/mol. The van der Waals surface area contributed by atoms with Crippen molar-refractivity contribution >= 4 is 0 Å². The minimum absolute atomic E-state index is 0.0373. The van der Waals surface area contributed by atoms with Crippen molar-refractivity contribution in [3.63, 3.8) is 0 Å². The van der Waals surface area contributed by atoms with Gasteiger partial charge in [-0.25, -0.2) is 5.43 Å². The second kappa shape index (κ2) is 7.15. The summed E-state index contributed by atoms with van der Waals surface area (Å²) < 4.78 is 16.4. The zero-order valence-corrected chi connectivity index (χ0v) is 14.6. The number of hydrogen-bond acceptors (Lipinski definition) is 7. The van der Waals surface area contributed by atoms with Crippen LogP contribution >= 0.6 is 0 Å². The van der Waals surface area contributed by atoms with E-state index in [9.17, 15) is 0 Å². The maximum Gasteiger partial charge on any atom is 0.233 e. The number of hydrogen-bond donors (Lipinski definition) is 2. The molecule has 26 heavy (non-hydrogen) atoms. The predicted molar refractivity (Wildman–Crippen MR) is 95.9 cm³/mol. The van der Waals surface area contributed by atoms with Crippen LogP contribution in [0.25, 0.3) is 11.4 Å². The number of benzene rings is 2. The first-order valence-corrected chi connectivity index (χ1v) is 8.40. The SMILES string of the molecule is COc1cccc(-c2noc(C3CNNC3c3ccccc3)n2)c1OC. The van der Waals surface area contributed by atoms with Crippen LogP contribution in [0.4, 0.5) is 0 Å². The summed E-state index contributed by atoms with van der Waals surface area (Å²) in [6.45, 7) is 0.705. The Hall–Kier alpha value is -2.90. The smallest absolute Gasteiger partial charge is 0.233 e. The zero-order valence-electron chi connectivity index (χ0n) is 14.6. The van der Waals surface area contributed by atoms with Gasteiger partial charge in [-0.3, -0.25) is 5.43 Å². The first-order chi connectivity index (χ1) is 12.8. The van der Waals surface area contributed by atoms with Gasteiger partial charge in [-0.2, -0.15) is 4.98 Å². The fourth-order valence-electron chi connectivity index (χ4n) is 3.26. The Morgan fingerprint density at radius 2 is 1.88 bits per heavy atom. The van der Waals surface area contributed by atoms with Gasteiger partial charge in [0.25, 0.3) is 0 Å². The van der Waals surface area contributed by atoms with Crippen molar-refractivity contribution in [2.45, 2.75) is 12.0 Å². The van der Waals surface area contributed by atoms with Crippen molar-refractivity contribution in [3.05, 3.63) is 60.0 Å². The normalized spacial score (nSPS) is 19.5. The molecule has 2 aromatic carbocycles. The molecule has 134 valence electrons. The summed E-state index contributed by atoms with van der Waals surface area (Å²) in [5, 5.41) is 4.17. The Morgan fingerprint density at radius 3 is 2.65 bits per heavy atom. The van der Waals surface area contributed by atoms with Crippen LogP contribution in [0.2, 0.25) is 0 Å². The maximum atomic E-state index is 5.59. The molecule has 1 aliphatic rings. The highest BCUT2D eigenvalue weighted by Crippen LogP contribution is 2.38. The minimum atomic E-state index is 0.0373. The number of hydrazine groups is 1. The first kappa shape index (κ1) is 16.6. The zero-order chi connectivity index (χ0) is 17.9. The van der Waals surface area contributed by atoms with Gasteiger partial charge in [-0.1, -0.05) is 41.6 Å². The Labute approximate surface area is 151 Å². The van der Waals surface area contributed by atoms with Crippen LogP contribution in [0.3, 0.4) is 0 Å². The van der Waals surface area contributed by atoms with E-state index in [2.05, 4.69) is 33.1 Å². The lowest BCUT2D eigenvalue weighted by Gasteiger charge is -2.15. The molecule has 1 aromatic heterocycles. The highest BCUT2D eigenvalue weighted by molar-refractivity contribution is 5.68. The van der Waals surface area contributed by atoms with Crippen LogP contribution in [0.5, 0.6) is 11.5 Å². The van der Waals surface area contributed by atoms with Gasteiger partial charge in [0.05, 0.1) is 31.7 Å². The standard InChI is InChI=1S/C19H20N4O3/c1-24-15-10-6-9-13(17(15)25-2)18-21-19(26-23-18)14-11-20-22-16(14)12-7-4-3-5-8-12/h3-10,14,16,20,22H,11H2,1-2H3. The number of methoxy groups -OCH3 is 2. The summed E-state index contributed by atoms with van der Waals surface area (Å²) in [5.41, 5.74) is 8.38. The van der Waals surface area contributed by atoms with E-state index in [-0.39, 0.29) is 12.0 Å². The first-order valence-electron chi connectivity index (χ1n) is 8.40. The fraction of sp³-hybridized carbons (Fsp3) is 0.263. The Morgan fingerprint density at radius 1 is 1.04 bits per heavy atom. The summed E-state index contributed by atoms with van der Waals surface area (Å²) in [4.78, 5) is 4.63. The molecule has 0 saturated carbocycles. The Balaban J connectivity index is 1.67. The molecule has 0 bridgehead atoms. The van der Waals surface area contributed by atoms with Crippen molar-refractivity contribution < 1.29 is 14.0 Å². The number of ether oxygens (including phenoxy) is 2. The van der Waals surface area contributed by atoms with Gasteiger partial charge >= 0.3 is 0 Å². The van der Waals surface area contributed by atoms with Gasteiger partial charge in [0.15, 0.2) is 11.5 Å². The quantitative estimate of drug-likeness (QED) is 0.730. The van der Waals surface area contributed by atoms with Crippen LogP contribution in [0.15, 0.2) is 53.1 Å². The third-order valence-electron chi connectivity index (χ3n) is 4.54. The van der Waals surface area contributed by atoms with E-state index in [0.717, 1.165) is 5.56 Å². The second-order valence-electron chi connectivity index (χ2n) is 6.02. The van der Waals surface area contributed by atoms with Crippen molar-refractivity contribution in [3.8, 4) is 22.9 Å². The van der Waals surface area contributed by atoms with Crippen LogP contribution in [-0.4, -0.2) is 30.9 Å². The monoisotopic (exact) mass is 352 g/mol. The molecule has 7 nitrogen and oxygen atoms in total. The van der Waals surface area contributed by atoms with Crippen LogP contribution in [-0.2, 0) is 0 Å². The summed E-state index contributed by atoms with van der Waals surface area (Å²) in [7, 11) is 3.20. The molecule has 2 heterocycles. The average molecular weight is 352 g/mol. The van der Waals surface area contributed by atoms with Gasteiger partial charge in [0.1, 0.15) is 0 Å². The molecule has 0 amide bonds. The van der Waals surface area contributed by atoms with E-state index in [1.54, 1.807) is 14.2 Å². The molecule has 3 aromatic rings. The van der Waals surface area contributed by atoms with Gasteiger partial charge in [-0.15, -0.1) is 0 Å². The summed E-state index contributed by atoms with van der Waals surface area (Å²) in [6.07, 6.45) is 0. The summed E-state index contributed by atoms with van der Waals surface area (Å²) in [6, 6.07) is 15.9. The van der Waals surface area contributed by atoms with Crippen LogP contribution in [0, 0.1) is 0 Å². The molecule has 0 radical (unpaired) electrons. The number of rotatable bonds is 5. The molecule has 7 heteroatoms. The number of nitrogens with one attached hydrogen (secondary N) is 2. The Kier molecular flexibility index (Phi) is 4.55. The highest BCUT2D eigenvalue weighted by Gasteiger charge is 2.34. The molecular formula is C19H20N4O3. The van der Waals surface area contributed by atoms with E-state index in [0.29, 0.717) is 29.8 Å². The van der Waals surface area contributed by atoms with Crippen molar-refractivity contribution in [1.29, 1.82) is 0 Å². The number of nitrogens with zero attached hydrogens (tertiary/aromatic N) is 2. The molecule has 1 fully saturated rings. The average Bonchev–Trinajstić information content (AvgIpc) is 3.37. The van der Waals surface area contributed by atoms with E-state index in [1.165, 1.54) is 5.56 Å². The topological polar surface area (TPSA) is 81.4 Å². The largest absolute Gasteiger partial charge is 0.493 e. The van der Waals surface area contributed by atoms with Gasteiger partial charge in [-0.05, 0) is 17.7 Å². The van der Waals surface area contributed by atoms with Crippen LogP contribution in [0.1, 0.15) is 23.4 Å². The van der Waals surface area contributed by atoms with Gasteiger partial charge < -0.3 is 14.0 Å². The third kappa shape index (κ3) is 2.91. The molecule has 1 saturated heterocycles. The summed E-state index contributed by atoms with van der Waals surface area (Å²) >= 11 is 0. The van der Waals surface area contributed by atoms with Gasteiger partial charge in [0, 0.05) is 6.54 Å². The lowest BCUT2D eigenvalue weighted by atomic mass is 9.95. The Bertz CT molecular complexity index is 882. The van der Waals surface area contributed by atoms with Crippen molar-refractivity contribution in [2.24, 2.45) is 0 Å². The predicted octanol–water partition coefficient (Wildman–Crippen LogP) is 2.69. The molecule has 4 rings (SSSR count). The molecule has 2 N–H and O–H groups in total. The lowest BCUT2D eigenvalue weighted by Crippen LogP contribution is -2.24. The summed E-state index contributed by atoms with van der Waals surface area (Å²) in [5.74, 6) is 2.31. The van der Waals surface area contributed by atoms with Crippen molar-refractivity contribution in [1.82, 2.24) is 21.0 Å². The highest BCUT2D eigenvalue weighted by atomic mass is 16.5. The molecule has 0 spiro atoms. The van der Waals surface area contributed by atoms with E-state index in [1.807, 2.05) is 36.4 Å². The van der Waals surface area contributed by atoms with E-state index in [4.69, 9.17) is 14.0 Å². The molecule has 2 atom stereocenters. The van der Waals surface area contributed by atoms with Crippen molar-refractivity contribution in [2.75, 3.05) is 20.8 Å². The molecule has 2 unspecified atom stereocenters. The molecule has 0 aliphatic carbocycles. The maximum absolute atomic E-state index is 5.59. The number of para-hydroxylation sites is 1. The van der Waals surface area contributed by atoms with Crippen LogP contribution < -0.4 is 20.3 Å². The van der Waals surface area contributed by atoms with Gasteiger partial charge in [0.2, 0.25) is 11.7 Å². The minimum Gasteiger partial charge on any atom is -0.493 e. The fourth-order valence-corrected chi connectivity index (χ4v) is 3.26.